The molecule has 0 bridgehead atoms. The highest BCUT2D eigenvalue weighted by Gasteiger charge is 2.47. The normalized spacial score (nSPS) is 33.2. The molecule has 1 aliphatic heterocycles. The Kier molecular flexibility index (Phi) is 3.54. The number of carbonyl (C=O) groups excluding carboxylic acids is 1. The number of aliphatic hydroxyl groups excluding tert-OH is 1. The van der Waals surface area contributed by atoms with E-state index in [1.54, 1.807) is 6.92 Å². The molecule has 0 aromatic heterocycles. The summed E-state index contributed by atoms with van der Waals surface area (Å²) in [5.74, 6) is -0.464. The Morgan fingerprint density at radius 3 is 2.76 bits per heavy atom. The predicted molar refractivity (Wildman–Crippen MR) is 67.9 cm³/mol. The summed E-state index contributed by atoms with van der Waals surface area (Å²) in [6.45, 7) is 1.92. The second-order valence-electron chi connectivity index (χ2n) is 4.57. The Bertz CT molecular complexity index is 402. The van der Waals surface area contributed by atoms with Gasteiger partial charge in [0.05, 0.1) is 12.7 Å². The van der Waals surface area contributed by atoms with Gasteiger partial charge in [-0.3, -0.25) is 4.79 Å². The van der Waals surface area contributed by atoms with Crippen molar-refractivity contribution in [3.8, 4) is 0 Å². The van der Waals surface area contributed by atoms with Gasteiger partial charge in [0.1, 0.15) is 4.32 Å². The number of esters is 1. The molecule has 0 unspecified atom stereocenters. The molecule has 2 rings (SSSR count). The van der Waals surface area contributed by atoms with Crippen molar-refractivity contribution in [2.45, 2.75) is 23.8 Å². The summed E-state index contributed by atoms with van der Waals surface area (Å²) < 4.78 is 4.11. The van der Waals surface area contributed by atoms with Gasteiger partial charge in [0, 0.05) is 5.92 Å². The van der Waals surface area contributed by atoms with E-state index in [1.165, 1.54) is 0 Å². The quantitative estimate of drug-likeness (QED) is 0.670. The fraction of sp³-hybridized carbons (Fsp3) is 0.462. The minimum Gasteiger partial charge on any atom is -0.464 e. The maximum Gasteiger partial charge on any atom is 0.325 e. The number of aliphatic hydroxyl groups is 1. The van der Waals surface area contributed by atoms with Crippen LogP contribution in [-0.2, 0) is 16.0 Å². The van der Waals surface area contributed by atoms with Gasteiger partial charge in [-0.05, 0) is 18.9 Å². The van der Waals surface area contributed by atoms with Gasteiger partial charge in [-0.1, -0.05) is 46.3 Å². The third-order valence-electron chi connectivity index (χ3n) is 3.17. The molecule has 0 amide bonds. The van der Waals surface area contributed by atoms with Crippen LogP contribution in [0, 0.1) is 5.92 Å². The molecule has 1 fully saturated rings. The fourth-order valence-corrected chi connectivity index (χ4v) is 2.55. The van der Waals surface area contributed by atoms with E-state index in [0.717, 1.165) is 5.56 Å². The number of hydrogen-bond acceptors (Lipinski definition) is 3. The summed E-state index contributed by atoms with van der Waals surface area (Å²) >= 11 is 3.25. The van der Waals surface area contributed by atoms with Crippen LogP contribution in [0.4, 0.5) is 0 Å². The predicted octanol–water partition coefficient (Wildman–Crippen LogP) is 1.92. The van der Waals surface area contributed by atoms with Crippen LogP contribution in [0.2, 0.25) is 0 Å². The highest BCUT2D eigenvalue weighted by atomic mass is 79.9. The van der Waals surface area contributed by atoms with E-state index in [0.29, 0.717) is 6.42 Å². The number of rotatable bonds is 2. The second kappa shape index (κ2) is 4.78. The van der Waals surface area contributed by atoms with E-state index < -0.39 is 16.4 Å². The summed E-state index contributed by atoms with van der Waals surface area (Å²) in [6.07, 6.45) is -0.0276. The van der Waals surface area contributed by atoms with E-state index in [2.05, 4.69) is 15.9 Å². The number of carbonyl (C=O) groups is 1. The van der Waals surface area contributed by atoms with Crippen molar-refractivity contribution in [2.24, 2.45) is 5.92 Å². The molecule has 3 atom stereocenters. The Labute approximate surface area is 109 Å². The van der Waals surface area contributed by atoms with Gasteiger partial charge in [-0.25, -0.2) is 0 Å². The zero-order valence-corrected chi connectivity index (χ0v) is 11.2. The third kappa shape index (κ3) is 2.53. The summed E-state index contributed by atoms with van der Waals surface area (Å²) in [7, 11) is 0. The molecule has 1 aromatic carbocycles. The lowest BCUT2D eigenvalue weighted by atomic mass is 9.85. The molecular formula is C13H15BrO3. The monoisotopic (exact) mass is 298 g/mol. The number of hydrogen-bond donors (Lipinski definition) is 1. The highest BCUT2D eigenvalue weighted by molar-refractivity contribution is 9.10. The van der Waals surface area contributed by atoms with Crippen LogP contribution in [0.3, 0.4) is 0 Å². The summed E-state index contributed by atoms with van der Waals surface area (Å²) in [4.78, 5) is 11.5. The zero-order chi connectivity index (χ0) is 12.5. The molecular weight excluding hydrogens is 284 g/mol. The first kappa shape index (κ1) is 12.6. The standard InChI is InChI=1S/C13H15BrO3/c1-13(14)11(15)10(8-17-12(13)16)7-9-5-3-2-4-6-9/h2-6,10-11,15H,7-8H2,1H3/t10-,11+,13-/m1/s1. The van der Waals surface area contributed by atoms with Crippen molar-refractivity contribution in [1.29, 1.82) is 0 Å². The number of halogens is 1. The van der Waals surface area contributed by atoms with Crippen molar-refractivity contribution in [1.82, 2.24) is 0 Å². The van der Waals surface area contributed by atoms with Crippen LogP contribution in [0.15, 0.2) is 30.3 Å². The van der Waals surface area contributed by atoms with Crippen LogP contribution in [0.5, 0.6) is 0 Å². The van der Waals surface area contributed by atoms with E-state index in [9.17, 15) is 9.90 Å². The minimum atomic E-state index is -0.995. The van der Waals surface area contributed by atoms with Gasteiger partial charge in [0.15, 0.2) is 0 Å². The number of benzene rings is 1. The first-order chi connectivity index (χ1) is 8.01. The maximum atomic E-state index is 11.5. The Morgan fingerprint density at radius 2 is 2.12 bits per heavy atom. The molecule has 92 valence electrons. The topological polar surface area (TPSA) is 46.5 Å². The molecule has 3 nitrogen and oxygen atoms in total. The van der Waals surface area contributed by atoms with E-state index in [4.69, 9.17) is 4.74 Å². The average Bonchev–Trinajstić information content (AvgIpc) is 2.32. The van der Waals surface area contributed by atoms with E-state index in [-0.39, 0.29) is 12.5 Å². The maximum absolute atomic E-state index is 11.5. The zero-order valence-electron chi connectivity index (χ0n) is 9.60. The number of ether oxygens (including phenoxy) is 1. The minimum absolute atomic E-state index is 0.0699. The average molecular weight is 299 g/mol. The lowest BCUT2D eigenvalue weighted by molar-refractivity contribution is -0.161. The van der Waals surface area contributed by atoms with Gasteiger partial charge in [-0.15, -0.1) is 0 Å². The largest absolute Gasteiger partial charge is 0.464 e. The van der Waals surface area contributed by atoms with Crippen molar-refractivity contribution in [3.63, 3.8) is 0 Å². The van der Waals surface area contributed by atoms with Crippen LogP contribution in [-0.4, -0.2) is 28.1 Å². The van der Waals surface area contributed by atoms with Crippen LogP contribution in [0.1, 0.15) is 12.5 Å². The number of cyclic esters (lactones) is 1. The lowest BCUT2D eigenvalue weighted by Crippen LogP contribution is -2.53. The molecule has 0 spiro atoms. The van der Waals surface area contributed by atoms with Crippen molar-refractivity contribution in [3.05, 3.63) is 35.9 Å². The molecule has 1 N–H and O–H groups in total. The van der Waals surface area contributed by atoms with Gasteiger partial charge in [-0.2, -0.15) is 0 Å². The van der Waals surface area contributed by atoms with E-state index in [1.807, 2.05) is 30.3 Å². The van der Waals surface area contributed by atoms with Crippen molar-refractivity contribution < 1.29 is 14.6 Å². The van der Waals surface area contributed by atoms with Crippen molar-refractivity contribution >= 4 is 21.9 Å². The van der Waals surface area contributed by atoms with Crippen LogP contribution >= 0.6 is 15.9 Å². The molecule has 0 aliphatic carbocycles. The van der Waals surface area contributed by atoms with Crippen LogP contribution in [0.25, 0.3) is 0 Å². The highest BCUT2D eigenvalue weighted by Crippen LogP contribution is 2.34. The second-order valence-corrected chi connectivity index (χ2v) is 6.22. The summed E-state index contributed by atoms with van der Waals surface area (Å²) in [5, 5.41) is 10.2. The van der Waals surface area contributed by atoms with Crippen LogP contribution < -0.4 is 0 Å². The Hall–Kier alpha value is -0.870. The molecule has 1 aromatic rings. The Balaban J connectivity index is 2.10. The van der Waals surface area contributed by atoms with E-state index >= 15 is 0 Å². The summed E-state index contributed by atoms with van der Waals surface area (Å²) in [6, 6.07) is 9.90. The Morgan fingerprint density at radius 1 is 1.47 bits per heavy atom. The molecule has 1 aliphatic rings. The van der Waals surface area contributed by atoms with Crippen molar-refractivity contribution in [2.75, 3.05) is 6.61 Å². The molecule has 0 saturated carbocycles. The molecule has 1 saturated heterocycles. The SMILES string of the molecule is C[C@]1(Br)C(=O)OC[C@@H](Cc2ccccc2)[C@@H]1O. The first-order valence-corrected chi connectivity index (χ1v) is 6.39. The first-order valence-electron chi connectivity index (χ1n) is 5.60. The van der Waals surface area contributed by atoms with Gasteiger partial charge < -0.3 is 9.84 Å². The van der Waals surface area contributed by atoms with Gasteiger partial charge in [0.25, 0.3) is 0 Å². The third-order valence-corrected chi connectivity index (χ3v) is 3.96. The molecule has 17 heavy (non-hydrogen) atoms. The van der Waals surface area contributed by atoms with Gasteiger partial charge >= 0.3 is 5.97 Å². The van der Waals surface area contributed by atoms with Gasteiger partial charge in [0.2, 0.25) is 0 Å². The fourth-order valence-electron chi connectivity index (χ4n) is 2.07. The molecule has 4 heteroatoms. The molecule has 1 heterocycles. The molecule has 0 radical (unpaired) electrons. The number of alkyl halides is 1. The lowest BCUT2D eigenvalue weighted by Gasteiger charge is -2.37. The smallest absolute Gasteiger partial charge is 0.325 e. The summed E-state index contributed by atoms with van der Waals surface area (Å²) in [5.41, 5.74) is 1.14.